The van der Waals surface area contributed by atoms with Crippen LogP contribution in [0.5, 0.6) is 0 Å². The highest BCUT2D eigenvalue weighted by Crippen LogP contribution is 2.68. The number of ether oxygens (including phenoxy) is 1. The van der Waals surface area contributed by atoms with E-state index in [0.717, 1.165) is 19.3 Å². The summed E-state index contributed by atoms with van der Waals surface area (Å²) in [5.41, 5.74) is -2.80. The molecule has 0 amide bonds. The van der Waals surface area contributed by atoms with Crippen LogP contribution in [0.3, 0.4) is 0 Å². The number of halogens is 1. The standard InChI is InChI=1S/C24H33BrO6/c1-12-9-16-14-5-6-15-21(25)17(27)7-8-22(15,3)20(14)18(28)10-23(16,4)24(12,30)19(29)11-31-13(2)26/h12,14-16,20-21,30H,5-11H2,1-4H3/t12?,14-,15?,16-,20+,21?,22-,23-,24-/m0/s1. The van der Waals surface area contributed by atoms with Gasteiger partial charge in [0, 0.05) is 31.1 Å². The summed E-state index contributed by atoms with van der Waals surface area (Å²) in [5.74, 6) is -0.908. The maximum absolute atomic E-state index is 13.7. The van der Waals surface area contributed by atoms with Crippen LogP contribution in [0.25, 0.3) is 0 Å². The Hall–Kier alpha value is -1.08. The van der Waals surface area contributed by atoms with Gasteiger partial charge in [-0.1, -0.05) is 36.7 Å². The molecule has 9 atom stereocenters. The molecule has 3 unspecified atom stereocenters. The van der Waals surface area contributed by atoms with Crippen molar-refractivity contribution in [3.8, 4) is 0 Å². The Morgan fingerprint density at radius 3 is 2.48 bits per heavy atom. The lowest BCUT2D eigenvalue weighted by Crippen LogP contribution is -2.64. The number of carbonyl (C=O) groups excluding carboxylic acids is 4. The first-order valence-corrected chi connectivity index (χ1v) is 12.4. The average molecular weight is 497 g/mol. The molecule has 0 bridgehead atoms. The van der Waals surface area contributed by atoms with E-state index in [1.54, 1.807) is 0 Å². The lowest BCUT2D eigenvalue weighted by atomic mass is 9.44. The number of Topliss-reactive ketones (excluding diaryl/α,β-unsaturated/α-hetero) is 3. The minimum absolute atomic E-state index is 0.0423. The first kappa shape index (κ1) is 23.1. The fourth-order valence-corrected chi connectivity index (χ4v) is 9.21. The highest BCUT2D eigenvalue weighted by Gasteiger charge is 2.71. The van der Waals surface area contributed by atoms with Crippen molar-refractivity contribution >= 4 is 39.2 Å². The van der Waals surface area contributed by atoms with Crippen molar-refractivity contribution in [3.63, 3.8) is 0 Å². The summed E-state index contributed by atoms with van der Waals surface area (Å²) in [6.07, 6.45) is 3.72. The Morgan fingerprint density at radius 2 is 1.84 bits per heavy atom. The number of fused-ring (bicyclic) bond motifs is 5. The Balaban J connectivity index is 1.69. The van der Waals surface area contributed by atoms with E-state index in [2.05, 4.69) is 22.9 Å². The number of hydrogen-bond donors (Lipinski definition) is 1. The summed E-state index contributed by atoms with van der Waals surface area (Å²) in [7, 11) is 0. The zero-order valence-electron chi connectivity index (χ0n) is 18.8. The van der Waals surface area contributed by atoms with E-state index in [1.807, 2.05) is 13.8 Å². The van der Waals surface area contributed by atoms with E-state index in [1.165, 1.54) is 6.92 Å². The molecule has 4 aliphatic carbocycles. The molecule has 31 heavy (non-hydrogen) atoms. The zero-order chi connectivity index (χ0) is 22.9. The van der Waals surface area contributed by atoms with Crippen molar-refractivity contribution in [3.05, 3.63) is 0 Å². The van der Waals surface area contributed by atoms with Crippen molar-refractivity contribution in [2.45, 2.75) is 76.6 Å². The molecule has 0 saturated heterocycles. The molecule has 4 saturated carbocycles. The molecule has 4 rings (SSSR count). The van der Waals surface area contributed by atoms with Crippen LogP contribution in [-0.2, 0) is 23.9 Å². The quantitative estimate of drug-likeness (QED) is 0.475. The Labute approximate surface area is 192 Å². The lowest BCUT2D eigenvalue weighted by molar-refractivity contribution is -0.183. The first-order chi connectivity index (χ1) is 14.4. The van der Waals surface area contributed by atoms with Crippen molar-refractivity contribution < 1.29 is 29.0 Å². The molecule has 7 heteroatoms. The Bertz CT molecular complexity index is 840. The molecule has 4 fully saturated rings. The normalized spacial score (nSPS) is 49.1. The van der Waals surface area contributed by atoms with Crippen molar-refractivity contribution in [1.82, 2.24) is 0 Å². The maximum Gasteiger partial charge on any atom is 0.303 e. The highest BCUT2D eigenvalue weighted by atomic mass is 79.9. The summed E-state index contributed by atoms with van der Waals surface area (Å²) in [5, 5.41) is 11.7. The van der Waals surface area contributed by atoms with Crippen LogP contribution in [0.4, 0.5) is 0 Å². The van der Waals surface area contributed by atoms with Gasteiger partial charge in [-0.3, -0.25) is 19.2 Å². The summed E-state index contributed by atoms with van der Waals surface area (Å²) < 4.78 is 4.93. The van der Waals surface area contributed by atoms with Gasteiger partial charge in [-0.05, 0) is 54.8 Å². The van der Waals surface area contributed by atoms with E-state index >= 15 is 0 Å². The molecule has 0 aromatic heterocycles. The first-order valence-electron chi connectivity index (χ1n) is 11.5. The molecule has 0 aliphatic heterocycles. The number of hydrogen-bond acceptors (Lipinski definition) is 6. The summed E-state index contributed by atoms with van der Waals surface area (Å²) >= 11 is 3.62. The molecule has 0 aromatic carbocycles. The smallest absolute Gasteiger partial charge is 0.303 e. The molecule has 6 nitrogen and oxygen atoms in total. The van der Waals surface area contributed by atoms with Gasteiger partial charge in [0.2, 0.25) is 5.78 Å². The SMILES string of the molecule is CC(=O)OCC(=O)[C@@]1(O)C(C)C[C@H]2[C@@H]3CCC4C(Br)C(=O)CC[C@]4(C)[C@H]3C(=O)C[C@@]21C. The maximum atomic E-state index is 13.7. The summed E-state index contributed by atoms with van der Waals surface area (Å²) in [6.45, 7) is 6.70. The van der Waals surface area contributed by atoms with Crippen LogP contribution in [0.1, 0.15) is 66.2 Å². The van der Waals surface area contributed by atoms with E-state index in [9.17, 15) is 24.3 Å². The van der Waals surface area contributed by atoms with Crippen molar-refractivity contribution in [2.24, 2.45) is 40.4 Å². The van der Waals surface area contributed by atoms with Gasteiger partial charge in [0.1, 0.15) is 17.2 Å². The van der Waals surface area contributed by atoms with Gasteiger partial charge in [0.05, 0.1) is 4.83 Å². The third-order valence-corrected chi connectivity index (χ3v) is 10.8. The van der Waals surface area contributed by atoms with Crippen LogP contribution in [-0.4, -0.2) is 45.5 Å². The van der Waals surface area contributed by atoms with Crippen LogP contribution < -0.4 is 0 Å². The molecule has 4 aliphatic rings. The monoisotopic (exact) mass is 496 g/mol. The molecule has 0 radical (unpaired) electrons. The van der Waals surface area contributed by atoms with Crippen LogP contribution in [0.15, 0.2) is 0 Å². The molecular weight excluding hydrogens is 464 g/mol. The fraction of sp³-hybridized carbons (Fsp3) is 0.833. The molecule has 0 spiro atoms. The third-order valence-electron chi connectivity index (χ3n) is 9.61. The van der Waals surface area contributed by atoms with Gasteiger partial charge in [-0.25, -0.2) is 0 Å². The number of esters is 1. The van der Waals surface area contributed by atoms with Gasteiger partial charge in [-0.15, -0.1) is 0 Å². The largest absolute Gasteiger partial charge is 0.458 e. The lowest BCUT2D eigenvalue weighted by Gasteiger charge is -2.60. The van der Waals surface area contributed by atoms with Gasteiger partial charge in [0.15, 0.2) is 6.61 Å². The molecule has 1 N–H and O–H groups in total. The zero-order valence-corrected chi connectivity index (χ0v) is 20.4. The topological polar surface area (TPSA) is 97.7 Å². The van der Waals surface area contributed by atoms with Crippen LogP contribution in [0.2, 0.25) is 0 Å². The minimum atomic E-state index is -1.69. The second-order valence-corrected chi connectivity index (χ2v) is 12.0. The van der Waals surface area contributed by atoms with E-state index in [4.69, 9.17) is 4.74 Å². The number of alkyl halides is 1. The van der Waals surface area contributed by atoms with Crippen LogP contribution in [0, 0.1) is 40.4 Å². The number of ketones is 3. The molecule has 172 valence electrons. The van der Waals surface area contributed by atoms with Gasteiger partial charge in [-0.2, -0.15) is 0 Å². The second-order valence-electron chi connectivity index (χ2n) is 11.0. The third kappa shape index (κ3) is 3.05. The van der Waals surface area contributed by atoms with Crippen LogP contribution >= 0.6 is 15.9 Å². The summed E-state index contributed by atoms with van der Waals surface area (Å²) in [6, 6.07) is 0. The van der Waals surface area contributed by atoms with Gasteiger partial charge < -0.3 is 9.84 Å². The van der Waals surface area contributed by atoms with Gasteiger partial charge in [0.25, 0.3) is 0 Å². The number of carbonyl (C=O) groups is 4. The van der Waals surface area contributed by atoms with Crippen molar-refractivity contribution in [2.75, 3.05) is 6.61 Å². The predicted octanol–water partition coefficient (Wildman–Crippen LogP) is 3.26. The molecular formula is C24H33BrO6. The second kappa shape index (κ2) is 7.47. The Kier molecular flexibility index (Phi) is 5.57. The van der Waals surface area contributed by atoms with E-state index in [-0.39, 0.29) is 57.8 Å². The number of aliphatic hydroxyl groups is 1. The fourth-order valence-electron chi connectivity index (χ4n) is 8.12. The summed E-state index contributed by atoms with van der Waals surface area (Å²) in [4.78, 5) is 50.2. The highest BCUT2D eigenvalue weighted by molar-refractivity contribution is 9.10. The molecule has 0 heterocycles. The van der Waals surface area contributed by atoms with Crippen molar-refractivity contribution in [1.29, 1.82) is 0 Å². The van der Waals surface area contributed by atoms with Gasteiger partial charge >= 0.3 is 5.97 Å². The minimum Gasteiger partial charge on any atom is -0.458 e. The molecule has 0 aromatic rings. The number of rotatable bonds is 3. The predicted molar refractivity (Wildman–Crippen MR) is 116 cm³/mol. The van der Waals surface area contributed by atoms with E-state index in [0.29, 0.717) is 12.8 Å². The Morgan fingerprint density at radius 1 is 1.16 bits per heavy atom. The average Bonchev–Trinajstić information content (AvgIpc) is 2.90. The van der Waals surface area contributed by atoms with E-state index < -0.39 is 29.4 Å².